The number of rotatable bonds is 25. The second kappa shape index (κ2) is 41.0. The predicted molar refractivity (Wildman–Crippen MR) is 309 cm³/mol. The molecule has 9 nitrogen and oxygen atoms in total. The molecule has 0 unspecified atom stereocenters. The molecule has 0 saturated heterocycles. The monoisotopic (exact) mass is 1010 g/mol. The lowest BCUT2D eigenvalue weighted by molar-refractivity contribution is 0.302. The maximum atomic E-state index is 5.71. The molecule has 6 rings (SSSR count). The van der Waals surface area contributed by atoms with Crippen molar-refractivity contribution >= 4 is 0 Å². The zero-order valence-electron chi connectivity index (χ0n) is 46.0. The highest BCUT2D eigenvalue weighted by molar-refractivity contribution is 5.42. The number of methoxy groups -OCH3 is 1. The van der Waals surface area contributed by atoms with Gasteiger partial charge in [-0.25, -0.2) is 29.9 Å². The van der Waals surface area contributed by atoms with Crippen molar-refractivity contribution in [2.24, 2.45) is 0 Å². The Balaban J connectivity index is 0.000000294. The minimum absolute atomic E-state index is 0.504. The molecule has 0 aliphatic carbocycles. The Morgan fingerprint density at radius 2 is 0.640 bits per heavy atom. The van der Waals surface area contributed by atoms with Crippen LogP contribution >= 0.6 is 0 Å². The quantitative estimate of drug-likeness (QED) is 0.0409. The molecule has 0 N–H and O–H groups in total. The van der Waals surface area contributed by atoms with Crippen molar-refractivity contribution in [2.45, 2.75) is 163 Å². The largest absolute Gasteiger partial charge is 0.494 e. The Morgan fingerprint density at radius 3 is 0.987 bits per heavy atom. The summed E-state index contributed by atoms with van der Waals surface area (Å²) in [5.41, 5.74) is 7.09. The van der Waals surface area contributed by atoms with Gasteiger partial charge in [-0.3, -0.25) is 0 Å². The van der Waals surface area contributed by atoms with E-state index in [1.165, 1.54) is 119 Å². The molecule has 6 aromatic rings. The van der Waals surface area contributed by atoms with Crippen molar-refractivity contribution in [3.05, 3.63) is 161 Å². The number of nitrogens with zero attached hydrogens (tertiary/aromatic N) is 6. The average molecular weight is 1010 g/mol. The van der Waals surface area contributed by atoms with Crippen LogP contribution in [0.3, 0.4) is 0 Å². The Labute approximate surface area is 452 Å². The summed E-state index contributed by atoms with van der Waals surface area (Å²) in [5, 5.41) is 0. The summed E-state index contributed by atoms with van der Waals surface area (Å²) in [6, 6.07) is 25.4. The van der Waals surface area contributed by atoms with Gasteiger partial charge in [0.05, 0.1) is 57.5 Å². The van der Waals surface area contributed by atoms with E-state index in [1.54, 1.807) is 44.3 Å². The fraction of sp³-hybridized carbons (Fsp3) is 0.424. The molecule has 3 heterocycles. The summed E-state index contributed by atoms with van der Waals surface area (Å²) in [4.78, 5) is 25.2. The molecule has 0 aliphatic heterocycles. The molecule has 0 radical (unpaired) electrons. The highest BCUT2D eigenvalue weighted by Crippen LogP contribution is 2.14. The van der Waals surface area contributed by atoms with Gasteiger partial charge in [-0.15, -0.1) is 12.8 Å². The van der Waals surface area contributed by atoms with Crippen LogP contribution in [0, 0.1) is 48.4 Å². The van der Waals surface area contributed by atoms with Crippen molar-refractivity contribution in [3.8, 4) is 65.6 Å². The van der Waals surface area contributed by atoms with E-state index in [0.29, 0.717) is 35.6 Å². The second-order valence-corrected chi connectivity index (χ2v) is 17.9. The molecule has 0 aliphatic rings. The highest BCUT2D eigenvalue weighted by atomic mass is 16.5. The van der Waals surface area contributed by atoms with E-state index in [4.69, 9.17) is 14.2 Å². The van der Waals surface area contributed by atoms with Crippen LogP contribution in [0.2, 0.25) is 0 Å². The summed E-state index contributed by atoms with van der Waals surface area (Å²) < 4.78 is 16.0. The van der Waals surface area contributed by atoms with Crippen LogP contribution in [0.15, 0.2) is 110 Å². The van der Waals surface area contributed by atoms with Crippen molar-refractivity contribution in [1.29, 1.82) is 0 Å². The molecular weight excluding hydrogens is 925 g/mol. The summed E-state index contributed by atoms with van der Waals surface area (Å²) in [6.07, 6.45) is 43.1. The first-order chi connectivity index (χ1) is 36.9. The molecule has 9 heteroatoms. The van der Waals surface area contributed by atoms with Crippen LogP contribution < -0.4 is 14.2 Å². The van der Waals surface area contributed by atoms with Crippen LogP contribution in [-0.2, 0) is 19.3 Å². The van der Waals surface area contributed by atoms with Crippen LogP contribution in [0.25, 0.3) is 0 Å². The number of terminal acetylenes is 1. The Hall–Kier alpha value is -7.46. The van der Waals surface area contributed by atoms with Crippen LogP contribution in [0.5, 0.6) is 17.2 Å². The van der Waals surface area contributed by atoms with Crippen molar-refractivity contribution < 1.29 is 14.2 Å². The number of unbranched alkanes of at least 4 members (excludes halogenated alkanes) is 13. The molecule has 0 fully saturated rings. The van der Waals surface area contributed by atoms with Gasteiger partial charge in [0.15, 0.2) is 17.2 Å². The van der Waals surface area contributed by atoms with E-state index in [1.807, 2.05) is 6.92 Å². The van der Waals surface area contributed by atoms with Crippen molar-refractivity contribution in [1.82, 2.24) is 29.9 Å². The lowest BCUT2D eigenvalue weighted by atomic mass is 10.0. The maximum Gasteiger partial charge on any atom is 0.205 e. The predicted octanol–water partition coefficient (Wildman–Crippen LogP) is 15.0. The summed E-state index contributed by atoms with van der Waals surface area (Å²) in [7, 11) is 1.59. The standard InChI is InChI=1S/C25H34N2O.C20H24N2O.C19H22N2O.C2H2/c1-3-5-7-8-9-11-19-28-24-20-26-25(27-21-24)18-17-23-15-13-22(14-16-23)12-10-6-4-2;1-3-5-6-7-8-17-9-11-18(12-10-17)13-14-20-21-15-19(16-22-20)23-4-2;1-3-4-5-6-7-16-8-10-17(11-9-16)12-13-19-20-14-18(22-2)15-21-19;1-2/h13-16,20-21H,3-12,19H2,1-2H3;9-12,15-16H,3-8H2,1-2H3;8-11,14-15H,3-7H2,1-2H3;1-2H. The third-order valence-electron chi connectivity index (χ3n) is 11.7. The van der Waals surface area contributed by atoms with Crippen LogP contribution in [0.4, 0.5) is 0 Å². The first kappa shape index (κ1) is 61.8. The Kier molecular flexibility index (Phi) is 33.8. The third-order valence-corrected chi connectivity index (χ3v) is 11.7. The second-order valence-electron chi connectivity index (χ2n) is 17.9. The average Bonchev–Trinajstić information content (AvgIpc) is 3.46. The fourth-order valence-electron chi connectivity index (χ4n) is 7.38. The molecule has 75 heavy (non-hydrogen) atoms. The van der Waals surface area contributed by atoms with E-state index < -0.39 is 0 Å². The number of benzene rings is 3. The van der Waals surface area contributed by atoms with E-state index >= 15 is 0 Å². The van der Waals surface area contributed by atoms with Gasteiger partial charge in [0.2, 0.25) is 17.5 Å². The van der Waals surface area contributed by atoms with Crippen molar-refractivity contribution in [3.63, 3.8) is 0 Å². The number of aryl methyl sites for hydroxylation is 3. The van der Waals surface area contributed by atoms with E-state index in [9.17, 15) is 0 Å². The third kappa shape index (κ3) is 28.5. The molecule has 394 valence electrons. The van der Waals surface area contributed by atoms with Crippen molar-refractivity contribution in [2.75, 3.05) is 20.3 Å². The van der Waals surface area contributed by atoms with Gasteiger partial charge in [0.1, 0.15) is 0 Å². The van der Waals surface area contributed by atoms with Gasteiger partial charge in [-0.1, -0.05) is 165 Å². The summed E-state index contributed by atoms with van der Waals surface area (Å²) in [5.74, 6) is 21.9. The van der Waals surface area contributed by atoms with Crippen LogP contribution in [-0.4, -0.2) is 50.2 Å². The van der Waals surface area contributed by atoms with Gasteiger partial charge in [-0.05, 0) is 123 Å². The summed E-state index contributed by atoms with van der Waals surface area (Å²) >= 11 is 0. The normalized spacial score (nSPS) is 9.87. The molecule has 3 aromatic heterocycles. The summed E-state index contributed by atoms with van der Waals surface area (Å²) in [6.45, 7) is 12.2. The Bertz CT molecular complexity index is 2600. The van der Waals surface area contributed by atoms with Gasteiger partial charge >= 0.3 is 0 Å². The lowest BCUT2D eigenvalue weighted by Gasteiger charge is -2.05. The lowest BCUT2D eigenvalue weighted by Crippen LogP contribution is -1.99. The van der Waals surface area contributed by atoms with Gasteiger partial charge in [-0.2, -0.15) is 0 Å². The number of hydrogen-bond donors (Lipinski definition) is 0. The van der Waals surface area contributed by atoms with E-state index in [-0.39, 0.29) is 0 Å². The number of ether oxygens (including phenoxy) is 3. The SMILES string of the molecule is C#C.CCCCCCCCOc1cnc(C#Cc2ccc(CCCCC)cc2)nc1.CCCCCCc1ccc(C#Cc2ncc(OC)cn2)cc1.CCCCCCc1ccc(C#Cc2ncc(OCC)cn2)cc1. The van der Waals surface area contributed by atoms with Gasteiger partial charge in [0, 0.05) is 16.7 Å². The molecule has 3 aromatic carbocycles. The van der Waals surface area contributed by atoms with Crippen LogP contribution in [0.1, 0.15) is 195 Å². The highest BCUT2D eigenvalue weighted by Gasteiger charge is 2.01. The molecule has 0 atom stereocenters. The van der Waals surface area contributed by atoms with Gasteiger partial charge in [0.25, 0.3) is 0 Å². The van der Waals surface area contributed by atoms with E-state index in [2.05, 4.69) is 179 Å². The van der Waals surface area contributed by atoms with Gasteiger partial charge < -0.3 is 14.2 Å². The minimum Gasteiger partial charge on any atom is -0.494 e. The molecular formula is C66H82N6O3. The Morgan fingerprint density at radius 1 is 0.347 bits per heavy atom. The fourth-order valence-corrected chi connectivity index (χ4v) is 7.38. The molecule has 0 saturated carbocycles. The first-order valence-electron chi connectivity index (χ1n) is 27.4. The first-order valence-corrected chi connectivity index (χ1v) is 27.4. The molecule has 0 spiro atoms. The maximum absolute atomic E-state index is 5.71. The minimum atomic E-state index is 0.504. The topological polar surface area (TPSA) is 105 Å². The number of hydrogen-bond acceptors (Lipinski definition) is 9. The molecule has 0 amide bonds. The zero-order chi connectivity index (χ0) is 53.8. The van der Waals surface area contributed by atoms with E-state index in [0.717, 1.165) is 54.7 Å². The smallest absolute Gasteiger partial charge is 0.205 e. The zero-order valence-corrected chi connectivity index (χ0v) is 46.0. The molecule has 0 bridgehead atoms. The number of aromatic nitrogens is 6.